The average molecular weight is 349 g/mol. The maximum Gasteiger partial charge on any atom is 0.320 e. The van der Waals surface area contributed by atoms with Crippen LogP contribution in [-0.2, 0) is 4.79 Å². The molecule has 2 unspecified atom stereocenters. The number of thiophene rings is 1. The van der Waals surface area contributed by atoms with Crippen molar-refractivity contribution in [3.63, 3.8) is 0 Å². The average Bonchev–Trinajstić information content (AvgIpc) is 3.10. The first-order valence-electron chi connectivity index (χ1n) is 7.96. The summed E-state index contributed by atoms with van der Waals surface area (Å²) in [5.41, 5.74) is 1.75. The third-order valence-corrected chi connectivity index (χ3v) is 5.21. The number of ether oxygens (including phenoxy) is 1. The van der Waals surface area contributed by atoms with Gasteiger partial charge in [0.15, 0.2) is 11.6 Å². The van der Waals surface area contributed by atoms with Crippen molar-refractivity contribution in [2.75, 3.05) is 13.7 Å². The number of nitrogens with zero attached hydrogens (tertiary/aromatic N) is 1. The van der Waals surface area contributed by atoms with Gasteiger partial charge in [0, 0.05) is 0 Å². The van der Waals surface area contributed by atoms with Crippen molar-refractivity contribution in [2.45, 2.75) is 31.3 Å². The van der Waals surface area contributed by atoms with E-state index < -0.39 is 17.8 Å². The zero-order valence-electron chi connectivity index (χ0n) is 13.4. The summed E-state index contributed by atoms with van der Waals surface area (Å²) in [6.07, 6.45) is 2.47. The smallest absolute Gasteiger partial charge is 0.320 e. The molecule has 1 aromatic heterocycles. The Balaban J connectivity index is 2.04. The molecule has 4 nitrogen and oxygen atoms in total. The van der Waals surface area contributed by atoms with Gasteiger partial charge >= 0.3 is 5.97 Å². The molecule has 0 radical (unpaired) electrons. The number of hydrogen-bond donors (Lipinski definition) is 1. The van der Waals surface area contributed by atoms with Gasteiger partial charge in [0.2, 0.25) is 0 Å². The summed E-state index contributed by atoms with van der Waals surface area (Å²) in [6, 6.07) is 6.04. The SMILES string of the molecule is COc1ccc(C(c2ccsc2)N2CCCCC2C(=O)O)cc1F. The summed E-state index contributed by atoms with van der Waals surface area (Å²) < 4.78 is 19.2. The van der Waals surface area contributed by atoms with Gasteiger partial charge in [0.25, 0.3) is 0 Å². The highest BCUT2D eigenvalue weighted by Gasteiger charge is 2.35. The van der Waals surface area contributed by atoms with E-state index in [9.17, 15) is 14.3 Å². The summed E-state index contributed by atoms with van der Waals surface area (Å²) in [5, 5.41) is 13.6. The van der Waals surface area contributed by atoms with E-state index in [1.54, 1.807) is 17.4 Å². The Kier molecular flexibility index (Phi) is 5.16. The molecule has 0 bridgehead atoms. The number of halogens is 1. The Morgan fingerprint density at radius 2 is 2.21 bits per heavy atom. The number of hydrogen-bond acceptors (Lipinski definition) is 4. The summed E-state index contributed by atoms with van der Waals surface area (Å²) in [6.45, 7) is 0.686. The lowest BCUT2D eigenvalue weighted by molar-refractivity contribution is -0.145. The van der Waals surface area contributed by atoms with Crippen molar-refractivity contribution in [3.8, 4) is 5.75 Å². The number of carboxylic acids is 1. The number of likely N-dealkylation sites (tertiary alicyclic amines) is 1. The van der Waals surface area contributed by atoms with Crippen molar-refractivity contribution in [3.05, 3.63) is 52.0 Å². The van der Waals surface area contributed by atoms with E-state index in [1.165, 1.54) is 13.2 Å². The fourth-order valence-electron chi connectivity index (χ4n) is 3.39. The van der Waals surface area contributed by atoms with E-state index in [4.69, 9.17) is 4.74 Å². The molecule has 128 valence electrons. The predicted molar refractivity (Wildman–Crippen MR) is 91.1 cm³/mol. The van der Waals surface area contributed by atoms with Gasteiger partial charge in [0.05, 0.1) is 13.2 Å². The van der Waals surface area contributed by atoms with E-state index in [-0.39, 0.29) is 11.8 Å². The number of rotatable bonds is 5. The second-order valence-corrected chi connectivity index (χ2v) is 6.72. The summed E-state index contributed by atoms with van der Waals surface area (Å²) in [4.78, 5) is 13.7. The monoisotopic (exact) mass is 349 g/mol. The second kappa shape index (κ2) is 7.32. The van der Waals surface area contributed by atoms with Gasteiger partial charge in [-0.15, -0.1) is 0 Å². The van der Waals surface area contributed by atoms with Crippen LogP contribution in [0.15, 0.2) is 35.0 Å². The van der Waals surface area contributed by atoms with E-state index in [1.807, 2.05) is 27.8 Å². The fraction of sp³-hybridized carbons (Fsp3) is 0.389. The number of aliphatic carboxylic acids is 1. The third kappa shape index (κ3) is 3.30. The normalized spacial score (nSPS) is 19.8. The van der Waals surface area contributed by atoms with Crippen LogP contribution in [0.1, 0.15) is 36.4 Å². The number of carboxylic acid groups (broad SMARTS) is 1. The standard InChI is InChI=1S/C18H20FNO3S/c1-23-16-6-5-12(10-14(16)19)17(13-7-9-24-11-13)20-8-3-2-4-15(20)18(21)22/h5-7,9-11,15,17H,2-4,8H2,1H3,(H,21,22). The molecule has 24 heavy (non-hydrogen) atoms. The quantitative estimate of drug-likeness (QED) is 0.889. The first-order chi connectivity index (χ1) is 11.6. The van der Waals surface area contributed by atoms with E-state index in [2.05, 4.69) is 0 Å². The minimum atomic E-state index is -0.816. The van der Waals surface area contributed by atoms with Crippen molar-refractivity contribution in [1.82, 2.24) is 4.90 Å². The highest BCUT2D eigenvalue weighted by molar-refractivity contribution is 7.08. The molecule has 3 rings (SSSR count). The van der Waals surface area contributed by atoms with Crippen LogP contribution in [-0.4, -0.2) is 35.7 Å². The Bertz CT molecular complexity index is 704. The highest BCUT2D eigenvalue weighted by atomic mass is 32.1. The molecule has 2 aromatic rings. The van der Waals surface area contributed by atoms with Gasteiger partial charge in [-0.2, -0.15) is 11.3 Å². The molecular weight excluding hydrogens is 329 g/mol. The van der Waals surface area contributed by atoms with Crippen LogP contribution in [0.2, 0.25) is 0 Å². The number of methoxy groups -OCH3 is 1. The van der Waals surface area contributed by atoms with Crippen LogP contribution in [0.4, 0.5) is 4.39 Å². The highest BCUT2D eigenvalue weighted by Crippen LogP contribution is 2.36. The van der Waals surface area contributed by atoms with Crippen molar-refractivity contribution >= 4 is 17.3 Å². The molecule has 1 aliphatic heterocycles. The first kappa shape index (κ1) is 16.9. The molecule has 2 atom stereocenters. The van der Waals surface area contributed by atoms with Crippen LogP contribution >= 0.6 is 11.3 Å². The fourth-order valence-corrected chi connectivity index (χ4v) is 4.07. The molecule has 1 fully saturated rings. The minimum Gasteiger partial charge on any atom is -0.494 e. The third-order valence-electron chi connectivity index (χ3n) is 4.51. The molecule has 1 aliphatic rings. The van der Waals surface area contributed by atoms with Crippen molar-refractivity contribution in [1.29, 1.82) is 0 Å². The Morgan fingerprint density at radius 3 is 2.83 bits per heavy atom. The van der Waals surface area contributed by atoms with Gasteiger partial charge in [-0.25, -0.2) is 4.39 Å². The van der Waals surface area contributed by atoms with Crippen molar-refractivity contribution in [2.24, 2.45) is 0 Å². The lowest BCUT2D eigenvalue weighted by Crippen LogP contribution is -2.46. The van der Waals surface area contributed by atoms with Gasteiger partial charge < -0.3 is 9.84 Å². The molecule has 1 saturated heterocycles. The Labute approximate surface area is 144 Å². The van der Waals surface area contributed by atoms with Gasteiger partial charge in [0.1, 0.15) is 6.04 Å². The van der Waals surface area contributed by atoms with E-state index >= 15 is 0 Å². The maximum atomic E-state index is 14.2. The van der Waals surface area contributed by atoms with Gasteiger partial charge in [-0.3, -0.25) is 9.69 Å². The Hall–Kier alpha value is -1.92. The molecule has 0 aliphatic carbocycles. The van der Waals surface area contributed by atoms with Crippen molar-refractivity contribution < 1.29 is 19.0 Å². The van der Waals surface area contributed by atoms with Crippen LogP contribution in [0.3, 0.4) is 0 Å². The zero-order chi connectivity index (χ0) is 17.1. The molecule has 1 N–H and O–H groups in total. The molecule has 6 heteroatoms. The molecule has 0 amide bonds. The summed E-state index contributed by atoms with van der Waals surface area (Å²) in [5.74, 6) is -1.06. The predicted octanol–water partition coefficient (Wildman–Crippen LogP) is 3.92. The summed E-state index contributed by atoms with van der Waals surface area (Å²) >= 11 is 1.56. The summed E-state index contributed by atoms with van der Waals surface area (Å²) in [7, 11) is 1.43. The maximum absolute atomic E-state index is 14.2. The van der Waals surface area contributed by atoms with Crippen LogP contribution in [0.5, 0.6) is 5.75 Å². The van der Waals surface area contributed by atoms with Crippen LogP contribution in [0, 0.1) is 5.82 Å². The first-order valence-corrected chi connectivity index (χ1v) is 8.90. The molecule has 2 heterocycles. The minimum absolute atomic E-state index is 0.191. The number of benzene rings is 1. The number of carbonyl (C=O) groups is 1. The topological polar surface area (TPSA) is 49.8 Å². The number of piperidine rings is 1. The van der Waals surface area contributed by atoms with Crippen LogP contribution < -0.4 is 4.74 Å². The second-order valence-electron chi connectivity index (χ2n) is 5.94. The van der Waals surface area contributed by atoms with E-state index in [0.717, 1.165) is 24.0 Å². The lowest BCUT2D eigenvalue weighted by atomic mass is 9.93. The van der Waals surface area contributed by atoms with E-state index in [0.29, 0.717) is 13.0 Å². The lowest BCUT2D eigenvalue weighted by Gasteiger charge is -2.39. The molecule has 0 spiro atoms. The molecular formula is C18H20FNO3S. The van der Waals surface area contributed by atoms with Gasteiger partial charge in [-0.05, 0) is 59.5 Å². The molecule has 1 aromatic carbocycles. The zero-order valence-corrected chi connectivity index (χ0v) is 14.3. The Morgan fingerprint density at radius 1 is 1.38 bits per heavy atom. The van der Waals surface area contributed by atoms with Gasteiger partial charge in [-0.1, -0.05) is 12.5 Å². The largest absolute Gasteiger partial charge is 0.494 e. The van der Waals surface area contributed by atoms with Crippen LogP contribution in [0.25, 0.3) is 0 Å². The molecule has 0 saturated carbocycles.